The maximum atomic E-state index is 12.4. The number of carbonyl (C=O) groups excluding carboxylic acids is 2. The Morgan fingerprint density at radius 2 is 1.85 bits per heavy atom. The first kappa shape index (κ1) is 16.3. The van der Waals surface area contributed by atoms with Gasteiger partial charge < -0.3 is 20.6 Å². The topological polar surface area (TPSA) is 104 Å². The zero-order valence-corrected chi connectivity index (χ0v) is 12.0. The summed E-state index contributed by atoms with van der Waals surface area (Å²) in [6.45, 7) is 4.89. The Hall–Kier alpha value is -1.79. The number of aliphatic carboxylic acids is 1. The smallest absolute Gasteiger partial charge is 0.320 e. The summed E-state index contributed by atoms with van der Waals surface area (Å²) in [5.41, 5.74) is 5.26. The van der Waals surface area contributed by atoms with Gasteiger partial charge in [-0.15, -0.1) is 0 Å². The van der Waals surface area contributed by atoms with E-state index in [1.807, 2.05) is 13.8 Å². The van der Waals surface area contributed by atoms with Crippen LogP contribution in [0.5, 0.6) is 0 Å². The molecule has 114 valence electrons. The average molecular weight is 285 g/mol. The molecular weight excluding hydrogens is 262 g/mol. The highest BCUT2D eigenvalue weighted by molar-refractivity contribution is 5.78. The number of primary amides is 1. The second kappa shape index (κ2) is 7.12. The van der Waals surface area contributed by atoms with Gasteiger partial charge in [0.15, 0.2) is 0 Å². The quantitative estimate of drug-likeness (QED) is 0.767. The molecule has 1 rings (SSSR count). The van der Waals surface area contributed by atoms with Crippen LogP contribution < -0.4 is 5.73 Å². The standard InChI is InChI=1S/C13H23N3O4/c1-9(2)16(8-5-11(17)18)13(20)15-6-3-10(4-7-15)12(14)19/h9-10H,3-8H2,1-2H3,(H2,14,19)(H,17,18). The molecule has 1 aliphatic heterocycles. The summed E-state index contributed by atoms with van der Waals surface area (Å²) in [5, 5.41) is 8.73. The fraction of sp³-hybridized carbons (Fsp3) is 0.769. The number of urea groups is 1. The largest absolute Gasteiger partial charge is 0.481 e. The number of nitrogens with zero attached hydrogens (tertiary/aromatic N) is 2. The van der Waals surface area contributed by atoms with Crippen molar-refractivity contribution in [3.63, 3.8) is 0 Å². The summed E-state index contributed by atoms with van der Waals surface area (Å²) in [6, 6.07) is -0.222. The molecule has 3 amide bonds. The van der Waals surface area contributed by atoms with Gasteiger partial charge in [0.05, 0.1) is 6.42 Å². The summed E-state index contributed by atoms with van der Waals surface area (Å²) in [5.74, 6) is -1.40. The summed E-state index contributed by atoms with van der Waals surface area (Å²) >= 11 is 0. The summed E-state index contributed by atoms with van der Waals surface area (Å²) in [4.78, 5) is 37.3. The number of hydrogen-bond donors (Lipinski definition) is 2. The Morgan fingerprint density at radius 3 is 2.25 bits per heavy atom. The fourth-order valence-corrected chi connectivity index (χ4v) is 2.33. The number of hydrogen-bond acceptors (Lipinski definition) is 3. The first-order valence-corrected chi connectivity index (χ1v) is 6.89. The van der Waals surface area contributed by atoms with E-state index in [2.05, 4.69) is 0 Å². The van der Waals surface area contributed by atoms with Crippen LogP contribution in [0.15, 0.2) is 0 Å². The molecule has 0 saturated carbocycles. The van der Waals surface area contributed by atoms with Gasteiger partial charge >= 0.3 is 12.0 Å². The molecule has 1 fully saturated rings. The SMILES string of the molecule is CC(C)N(CCC(=O)O)C(=O)N1CCC(C(N)=O)CC1. The van der Waals surface area contributed by atoms with E-state index >= 15 is 0 Å². The van der Waals surface area contributed by atoms with E-state index in [9.17, 15) is 14.4 Å². The average Bonchev–Trinajstić information content (AvgIpc) is 2.38. The zero-order valence-electron chi connectivity index (χ0n) is 12.0. The summed E-state index contributed by atoms with van der Waals surface area (Å²) < 4.78 is 0. The van der Waals surface area contributed by atoms with E-state index in [1.165, 1.54) is 0 Å². The molecule has 0 spiro atoms. The van der Waals surface area contributed by atoms with Crippen LogP contribution in [0.2, 0.25) is 0 Å². The highest BCUT2D eigenvalue weighted by atomic mass is 16.4. The van der Waals surface area contributed by atoms with Gasteiger partial charge in [-0.1, -0.05) is 0 Å². The predicted octanol–water partition coefficient (Wildman–Crippen LogP) is 0.489. The molecule has 20 heavy (non-hydrogen) atoms. The van der Waals surface area contributed by atoms with Gasteiger partial charge in [-0.05, 0) is 26.7 Å². The van der Waals surface area contributed by atoms with Crippen LogP contribution in [0.25, 0.3) is 0 Å². The minimum absolute atomic E-state index is 0.0595. The Bertz CT molecular complexity index is 376. The molecule has 0 aliphatic carbocycles. The van der Waals surface area contributed by atoms with Crippen molar-refractivity contribution in [2.45, 2.75) is 39.2 Å². The van der Waals surface area contributed by atoms with Crippen LogP contribution >= 0.6 is 0 Å². The lowest BCUT2D eigenvalue weighted by molar-refractivity contribution is -0.137. The van der Waals surface area contributed by atoms with E-state index in [0.29, 0.717) is 25.9 Å². The van der Waals surface area contributed by atoms with Crippen LogP contribution in [-0.2, 0) is 9.59 Å². The number of piperidine rings is 1. The van der Waals surface area contributed by atoms with Gasteiger partial charge in [-0.3, -0.25) is 9.59 Å². The Labute approximate surface area is 118 Å². The lowest BCUT2D eigenvalue weighted by Crippen LogP contribution is -2.50. The fourth-order valence-electron chi connectivity index (χ4n) is 2.33. The maximum absolute atomic E-state index is 12.4. The van der Waals surface area contributed by atoms with Gasteiger partial charge in [-0.25, -0.2) is 4.79 Å². The molecule has 7 heteroatoms. The number of carbonyl (C=O) groups is 3. The molecule has 3 N–H and O–H groups in total. The zero-order chi connectivity index (χ0) is 15.3. The maximum Gasteiger partial charge on any atom is 0.320 e. The van der Waals surface area contributed by atoms with Crippen LogP contribution in [0, 0.1) is 5.92 Å². The second-order valence-corrected chi connectivity index (χ2v) is 5.38. The molecule has 1 saturated heterocycles. The normalized spacial score (nSPS) is 16.2. The van der Waals surface area contributed by atoms with E-state index in [-0.39, 0.29) is 36.9 Å². The minimum atomic E-state index is -0.920. The molecule has 0 aromatic heterocycles. The molecule has 1 heterocycles. The first-order chi connectivity index (χ1) is 9.32. The minimum Gasteiger partial charge on any atom is -0.481 e. The molecule has 7 nitrogen and oxygen atoms in total. The lowest BCUT2D eigenvalue weighted by Gasteiger charge is -2.36. The van der Waals surface area contributed by atoms with E-state index in [4.69, 9.17) is 10.8 Å². The van der Waals surface area contributed by atoms with Gasteiger partial charge in [0.1, 0.15) is 0 Å². The Kier molecular flexibility index (Phi) is 5.79. The Morgan fingerprint density at radius 1 is 1.30 bits per heavy atom. The predicted molar refractivity (Wildman–Crippen MR) is 73.0 cm³/mol. The molecule has 0 aromatic rings. The van der Waals surface area contributed by atoms with Crippen molar-refractivity contribution in [1.82, 2.24) is 9.80 Å². The highest BCUT2D eigenvalue weighted by Crippen LogP contribution is 2.18. The van der Waals surface area contributed by atoms with Crippen LogP contribution in [0.1, 0.15) is 33.1 Å². The molecule has 1 aliphatic rings. The summed E-state index contributed by atoms with van der Waals surface area (Å²) in [7, 11) is 0. The van der Waals surface area contributed by atoms with Crippen molar-refractivity contribution in [3.8, 4) is 0 Å². The molecule has 0 atom stereocenters. The van der Waals surface area contributed by atoms with Gasteiger partial charge in [0.25, 0.3) is 0 Å². The van der Waals surface area contributed by atoms with Crippen molar-refractivity contribution in [2.24, 2.45) is 11.7 Å². The third kappa shape index (κ3) is 4.40. The number of rotatable bonds is 5. The first-order valence-electron chi connectivity index (χ1n) is 6.89. The van der Waals surface area contributed by atoms with Gasteiger partial charge in [-0.2, -0.15) is 0 Å². The van der Waals surface area contributed by atoms with Crippen molar-refractivity contribution in [2.75, 3.05) is 19.6 Å². The van der Waals surface area contributed by atoms with Crippen molar-refractivity contribution in [1.29, 1.82) is 0 Å². The molecule has 0 aromatic carbocycles. The second-order valence-electron chi connectivity index (χ2n) is 5.38. The summed E-state index contributed by atoms with van der Waals surface area (Å²) in [6.07, 6.45) is 1.08. The van der Waals surface area contributed by atoms with Gasteiger partial charge in [0, 0.05) is 31.6 Å². The van der Waals surface area contributed by atoms with E-state index in [0.717, 1.165) is 0 Å². The van der Waals surface area contributed by atoms with Crippen molar-refractivity contribution in [3.05, 3.63) is 0 Å². The number of nitrogens with two attached hydrogens (primary N) is 1. The monoisotopic (exact) mass is 285 g/mol. The number of likely N-dealkylation sites (tertiary alicyclic amines) is 1. The number of carboxylic acid groups (broad SMARTS) is 1. The molecule has 0 unspecified atom stereocenters. The van der Waals surface area contributed by atoms with Crippen LogP contribution in [0.3, 0.4) is 0 Å². The van der Waals surface area contributed by atoms with Crippen LogP contribution in [0.4, 0.5) is 4.79 Å². The molecular formula is C13H23N3O4. The third-order valence-electron chi connectivity index (χ3n) is 3.60. The molecule has 0 bridgehead atoms. The Balaban J connectivity index is 2.58. The van der Waals surface area contributed by atoms with Gasteiger partial charge in [0.2, 0.25) is 5.91 Å². The van der Waals surface area contributed by atoms with Crippen LogP contribution in [-0.4, -0.2) is 58.5 Å². The highest BCUT2D eigenvalue weighted by Gasteiger charge is 2.29. The molecule has 0 radical (unpaired) electrons. The number of carboxylic acids is 1. The lowest BCUT2D eigenvalue weighted by atomic mass is 9.96. The number of amides is 3. The van der Waals surface area contributed by atoms with E-state index in [1.54, 1.807) is 9.80 Å². The van der Waals surface area contributed by atoms with E-state index < -0.39 is 5.97 Å². The van der Waals surface area contributed by atoms with Crippen molar-refractivity contribution >= 4 is 17.9 Å². The third-order valence-corrected chi connectivity index (χ3v) is 3.60. The van der Waals surface area contributed by atoms with Crippen molar-refractivity contribution < 1.29 is 19.5 Å².